The number of allylic oxidation sites excluding steroid dienone is 1. The Morgan fingerprint density at radius 1 is 1.08 bits per heavy atom. The molecule has 0 saturated carbocycles. The summed E-state index contributed by atoms with van der Waals surface area (Å²) in [7, 11) is 0. The summed E-state index contributed by atoms with van der Waals surface area (Å²) in [5.74, 6) is -0.178. The maximum Gasteiger partial charge on any atom is 0.306 e. The Balaban J connectivity index is 1.92. The molecule has 0 aliphatic heterocycles. The number of aryl methyl sites for hydroxylation is 1. The van der Waals surface area contributed by atoms with Crippen molar-refractivity contribution in [2.45, 2.75) is 32.8 Å². The van der Waals surface area contributed by atoms with Crippen LogP contribution >= 0.6 is 0 Å². The molecule has 25 heavy (non-hydrogen) atoms. The minimum Gasteiger partial charge on any atom is -0.466 e. The van der Waals surface area contributed by atoms with Gasteiger partial charge in [-0.05, 0) is 25.0 Å². The van der Waals surface area contributed by atoms with Crippen LogP contribution in [-0.4, -0.2) is 19.2 Å². The standard InChI is InChI=1S/C22H26O3/c1-3-25-22(23)16-21(20-13-11-18(2)12-14-20)10-7-15-24-17-19-8-5-4-6-9-19/h4-14,21H,3,15-17H2,1-2H3/b10-7+/t21-/m0/s1. The summed E-state index contributed by atoms with van der Waals surface area (Å²) in [4.78, 5) is 11.9. The first-order valence-electron chi connectivity index (χ1n) is 8.69. The number of rotatable bonds is 9. The van der Waals surface area contributed by atoms with Gasteiger partial charge in [-0.25, -0.2) is 0 Å². The van der Waals surface area contributed by atoms with Gasteiger partial charge in [0, 0.05) is 5.92 Å². The molecule has 3 nitrogen and oxygen atoms in total. The first kappa shape index (κ1) is 18.9. The SMILES string of the molecule is CCOC(=O)C[C@H](/C=C/COCc1ccccc1)c1ccc(C)cc1. The molecule has 2 rings (SSSR count). The van der Waals surface area contributed by atoms with E-state index in [4.69, 9.17) is 9.47 Å². The van der Waals surface area contributed by atoms with E-state index < -0.39 is 0 Å². The Labute approximate surface area is 150 Å². The Hall–Kier alpha value is -2.39. The molecule has 2 aromatic carbocycles. The lowest BCUT2D eigenvalue weighted by atomic mass is 9.94. The van der Waals surface area contributed by atoms with Crippen LogP contribution in [0.5, 0.6) is 0 Å². The number of carbonyl (C=O) groups is 1. The van der Waals surface area contributed by atoms with Crippen molar-refractivity contribution in [2.24, 2.45) is 0 Å². The van der Waals surface area contributed by atoms with E-state index in [0.29, 0.717) is 26.2 Å². The van der Waals surface area contributed by atoms with Crippen molar-refractivity contribution in [2.75, 3.05) is 13.2 Å². The van der Waals surface area contributed by atoms with E-state index in [2.05, 4.69) is 31.2 Å². The number of benzene rings is 2. The lowest BCUT2D eigenvalue weighted by Gasteiger charge is -2.13. The zero-order valence-corrected chi connectivity index (χ0v) is 15.0. The summed E-state index contributed by atoms with van der Waals surface area (Å²) in [6, 6.07) is 18.3. The Kier molecular flexibility index (Phi) is 7.93. The topological polar surface area (TPSA) is 35.5 Å². The number of hydrogen-bond donors (Lipinski definition) is 0. The molecule has 0 spiro atoms. The zero-order valence-electron chi connectivity index (χ0n) is 15.0. The van der Waals surface area contributed by atoms with Gasteiger partial charge in [0.05, 0.1) is 26.2 Å². The van der Waals surface area contributed by atoms with Crippen LogP contribution in [0.2, 0.25) is 0 Å². The molecule has 0 heterocycles. The van der Waals surface area contributed by atoms with Gasteiger partial charge in [0.2, 0.25) is 0 Å². The largest absolute Gasteiger partial charge is 0.466 e. The van der Waals surface area contributed by atoms with Crippen molar-refractivity contribution in [3.05, 3.63) is 83.4 Å². The van der Waals surface area contributed by atoms with Crippen LogP contribution in [0.25, 0.3) is 0 Å². The predicted molar refractivity (Wildman–Crippen MR) is 100 cm³/mol. The summed E-state index contributed by atoms with van der Waals surface area (Å²) in [6.07, 6.45) is 4.35. The predicted octanol–water partition coefficient (Wildman–Crippen LogP) is 4.80. The van der Waals surface area contributed by atoms with Crippen LogP contribution in [0.1, 0.15) is 36.0 Å². The van der Waals surface area contributed by atoms with Gasteiger partial charge in [0.1, 0.15) is 0 Å². The van der Waals surface area contributed by atoms with Gasteiger partial charge in [-0.1, -0.05) is 72.3 Å². The molecule has 0 radical (unpaired) electrons. The fourth-order valence-corrected chi connectivity index (χ4v) is 2.55. The van der Waals surface area contributed by atoms with E-state index in [1.807, 2.05) is 49.4 Å². The highest BCUT2D eigenvalue weighted by atomic mass is 16.5. The minimum atomic E-state index is -0.178. The first-order chi connectivity index (χ1) is 12.2. The van der Waals surface area contributed by atoms with Gasteiger partial charge in [0.25, 0.3) is 0 Å². The molecule has 3 heteroatoms. The first-order valence-corrected chi connectivity index (χ1v) is 8.69. The van der Waals surface area contributed by atoms with E-state index in [0.717, 1.165) is 11.1 Å². The van der Waals surface area contributed by atoms with E-state index >= 15 is 0 Å². The molecule has 0 amide bonds. The quantitative estimate of drug-likeness (QED) is 0.374. The molecular weight excluding hydrogens is 312 g/mol. The van der Waals surface area contributed by atoms with E-state index in [1.54, 1.807) is 0 Å². The summed E-state index contributed by atoms with van der Waals surface area (Å²) >= 11 is 0. The second-order valence-electron chi connectivity index (χ2n) is 5.96. The highest BCUT2D eigenvalue weighted by Crippen LogP contribution is 2.22. The Bertz CT molecular complexity index is 659. The molecule has 132 valence electrons. The van der Waals surface area contributed by atoms with Crippen molar-refractivity contribution in [3.63, 3.8) is 0 Å². The average Bonchev–Trinajstić information content (AvgIpc) is 2.62. The van der Waals surface area contributed by atoms with Crippen LogP contribution < -0.4 is 0 Å². The number of carbonyl (C=O) groups excluding carboxylic acids is 1. The molecule has 2 aromatic rings. The molecule has 1 atom stereocenters. The summed E-state index contributed by atoms with van der Waals surface area (Å²) in [5.41, 5.74) is 3.46. The van der Waals surface area contributed by atoms with Gasteiger partial charge < -0.3 is 9.47 Å². The van der Waals surface area contributed by atoms with Crippen molar-refractivity contribution in [1.82, 2.24) is 0 Å². The third-order valence-electron chi connectivity index (χ3n) is 3.89. The zero-order chi connectivity index (χ0) is 17.9. The van der Waals surface area contributed by atoms with Crippen LogP contribution in [0.4, 0.5) is 0 Å². The normalized spacial score (nSPS) is 12.2. The third kappa shape index (κ3) is 6.94. The average molecular weight is 338 g/mol. The molecule has 0 unspecified atom stereocenters. The molecule has 0 bridgehead atoms. The second-order valence-corrected chi connectivity index (χ2v) is 5.96. The lowest BCUT2D eigenvalue weighted by molar-refractivity contribution is -0.143. The van der Waals surface area contributed by atoms with Crippen molar-refractivity contribution >= 4 is 5.97 Å². The number of hydrogen-bond acceptors (Lipinski definition) is 3. The van der Waals surface area contributed by atoms with Gasteiger partial charge in [-0.2, -0.15) is 0 Å². The fourth-order valence-electron chi connectivity index (χ4n) is 2.55. The molecular formula is C22H26O3. The van der Waals surface area contributed by atoms with Crippen molar-refractivity contribution in [1.29, 1.82) is 0 Å². The smallest absolute Gasteiger partial charge is 0.306 e. The maximum atomic E-state index is 11.9. The van der Waals surface area contributed by atoms with Crippen LogP contribution in [0, 0.1) is 6.92 Å². The molecule has 0 saturated heterocycles. The van der Waals surface area contributed by atoms with E-state index in [1.165, 1.54) is 5.56 Å². The number of esters is 1. The Morgan fingerprint density at radius 2 is 1.80 bits per heavy atom. The van der Waals surface area contributed by atoms with Gasteiger partial charge in [-0.3, -0.25) is 4.79 Å². The van der Waals surface area contributed by atoms with Gasteiger partial charge in [-0.15, -0.1) is 0 Å². The third-order valence-corrected chi connectivity index (χ3v) is 3.89. The minimum absolute atomic E-state index is 0.0000229. The fraction of sp³-hybridized carbons (Fsp3) is 0.318. The van der Waals surface area contributed by atoms with Crippen LogP contribution in [0.3, 0.4) is 0 Å². The second kappa shape index (κ2) is 10.5. The summed E-state index contributed by atoms with van der Waals surface area (Å²) < 4.78 is 10.8. The Morgan fingerprint density at radius 3 is 2.48 bits per heavy atom. The monoisotopic (exact) mass is 338 g/mol. The summed E-state index contributed by atoms with van der Waals surface area (Å²) in [5, 5.41) is 0. The van der Waals surface area contributed by atoms with Crippen molar-refractivity contribution < 1.29 is 14.3 Å². The molecule has 0 N–H and O–H groups in total. The highest BCUT2D eigenvalue weighted by molar-refractivity contribution is 5.71. The van der Waals surface area contributed by atoms with Crippen molar-refractivity contribution in [3.8, 4) is 0 Å². The molecule has 0 fully saturated rings. The molecule has 0 aromatic heterocycles. The summed E-state index contributed by atoms with van der Waals surface area (Å²) in [6.45, 7) is 5.38. The van der Waals surface area contributed by atoms with Gasteiger partial charge >= 0.3 is 5.97 Å². The molecule has 0 aliphatic carbocycles. The lowest BCUT2D eigenvalue weighted by Crippen LogP contribution is -2.09. The van der Waals surface area contributed by atoms with Gasteiger partial charge in [0.15, 0.2) is 0 Å². The maximum absolute atomic E-state index is 11.9. The highest BCUT2D eigenvalue weighted by Gasteiger charge is 2.14. The number of ether oxygens (including phenoxy) is 2. The van der Waals surface area contributed by atoms with E-state index in [9.17, 15) is 4.79 Å². The van der Waals surface area contributed by atoms with E-state index in [-0.39, 0.29) is 11.9 Å². The van der Waals surface area contributed by atoms with Crippen LogP contribution in [0.15, 0.2) is 66.7 Å². The van der Waals surface area contributed by atoms with Crippen LogP contribution in [-0.2, 0) is 20.9 Å². The molecule has 0 aliphatic rings.